The van der Waals surface area contributed by atoms with Crippen LogP contribution in [-0.2, 0) is 33.6 Å². The summed E-state index contributed by atoms with van der Waals surface area (Å²) in [6.45, 7) is 5.26. The molecule has 1 fully saturated rings. The van der Waals surface area contributed by atoms with Crippen molar-refractivity contribution >= 4 is 24.3 Å². The van der Waals surface area contributed by atoms with Crippen LogP contribution in [0.15, 0.2) is 65.9 Å². The first-order chi connectivity index (χ1) is 27.2. The number of hydrogen-bond acceptors (Lipinski definition) is 11. The number of H-pyrrole nitrogens is 2. The van der Waals surface area contributed by atoms with E-state index in [4.69, 9.17) is 19.1 Å². The van der Waals surface area contributed by atoms with Crippen molar-refractivity contribution in [3.05, 3.63) is 72.6 Å². The maximum atomic E-state index is 13.5. The molecule has 0 aliphatic carbocycles. The van der Waals surface area contributed by atoms with E-state index < -0.39 is 24.2 Å². The molecule has 1 aliphatic rings. The van der Waals surface area contributed by atoms with Crippen LogP contribution < -0.4 is 10.6 Å². The highest BCUT2D eigenvalue weighted by Gasteiger charge is 2.35. The van der Waals surface area contributed by atoms with E-state index in [1.807, 2.05) is 43.0 Å². The van der Waals surface area contributed by atoms with E-state index in [2.05, 4.69) is 64.7 Å². The zero-order valence-electron chi connectivity index (χ0n) is 32.7. The molecule has 56 heavy (non-hydrogen) atoms. The minimum atomic E-state index is -0.828. The van der Waals surface area contributed by atoms with E-state index in [1.54, 1.807) is 19.5 Å². The molecule has 2 aromatic heterocycles. The van der Waals surface area contributed by atoms with E-state index >= 15 is 0 Å². The number of methoxy groups -OCH3 is 3. The maximum absolute atomic E-state index is 13.5. The van der Waals surface area contributed by atoms with Crippen molar-refractivity contribution in [1.29, 1.82) is 0 Å². The number of aromatic amines is 2. The number of ether oxygens (including phenoxy) is 3. The molecule has 0 unspecified atom stereocenters. The fourth-order valence-corrected chi connectivity index (χ4v) is 6.63. The van der Waals surface area contributed by atoms with Crippen LogP contribution in [0.4, 0.5) is 4.79 Å². The molecule has 0 radical (unpaired) electrons. The molecule has 1 saturated heterocycles. The predicted octanol–water partition coefficient (Wildman–Crippen LogP) is 5.38. The Balaban J connectivity index is 1.23. The Morgan fingerprint density at radius 1 is 0.857 bits per heavy atom. The molecule has 4 aromatic rings. The van der Waals surface area contributed by atoms with Gasteiger partial charge in [-0.15, -0.1) is 0 Å². The van der Waals surface area contributed by atoms with Gasteiger partial charge in [-0.25, -0.2) is 19.8 Å². The predicted molar refractivity (Wildman–Crippen MR) is 209 cm³/mol. The van der Waals surface area contributed by atoms with E-state index in [0.717, 1.165) is 58.7 Å². The van der Waals surface area contributed by atoms with Gasteiger partial charge in [-0.3, -0.25) is 9.59 Å². The van der Waals surface area contributed by atoms with Crippen molar-refractivity contribution < 1.29 is 38.4 Å². The number of nitrogens with zero attached hydrogens (tertiary/aromatic N) is 4. The molecule has 0 bridgehead atoms. The Labute approximate surface area is 326 Å². The molecule has 3 heterocycles. The van der Waals surface area contributed by atoms with Crippen LogP contribution in [0, 0.1) is 5.92 Å². The number of carbonyl (C=O) groups excluding carboxylic acids is 3. The smallest absolute Gasteiger partial charge is 0.407 e. The molecule has 16 heteroatoms. The number of imidazole rings is 2. The van der Waals surface area contributed by atoms with Crippen LogP contribution in [0.1, 0.15) is 63.3 Å². The quantitative estimate of drug-likeness (QED) is 0.0416. The minimum Gasteiger partial charge on any atom is -0.453 e. The standard InChI is InChI=1S/C40H52N8O8/c1-25(2)35(47-38(49)30(17-20-52-3)46-40(51)54-5)37-42-23-33(45-37)29-15-11-27(12-16-29)26-9-13-28(14-10-26)32-22-41-36(44-32)34-8-7-19-48(34)39(50)31(18-21-53-4)43-24-56-55-6/h9-16,22-25,30-31,34-35H,7-8,17-21H2,1-6H3,(H,41,44)(H,42,45)(H,46,51)(H,47,49)/b43-24+/t30-,31-,34-,35+/m0/s1. The summed E-state index contributed by atoms with van der Waals surface area (Å²) in [5.41, 5.74) is 5.67. The Morgan fingerprint density at radius 3 is 2.07 bits per heavy atom. The monoisotopic (exact) mass is 772 g/mol. The third-order valence-electron chi connectivity index (χ3n) is 9.69. The summed E-state index contributed by atoms with van der Waals surface area (Å²) in [5, 5.41) is 5.60. The van der Waals surface area contributed by atoms with E-state index in [1.165, 1.54) is 21.3 Å². The van der Waals surface area contributed by atoms with Gasteiger partial charge in [0.1, 0.15) is 23.7 Å². The van der Waals surface area contributed by atoms with Crippen molar-refractivity contribution in [2.45, 2.75) is 63.7 Å². The van der Waals surface area contributed by atoms with Gasteiger partial charge in [0.25, 0.3) is 0 Å². The first-order valence-corrected chi connectivity index (χ1v) is 18.6. The SMILES string of the molecule is COCC[C@H](/N=C/OOC)C(=O)N1CCC[C@H]1c1ncc(-c2ccc(-c3ccc(-c4cnc([C@H](NC(=O)[C@H](CCOC)NC(=O)OC)C(C)C)[nH]4)cc3)cc2)[nH]1. The van der Waals surface area contributed by atoms with Gasteiger partial charge >= 0.3 is 6.09 Å². The molecule has 16 nitrogen and oxygen atoms in total. The molecule has 4 atom stereocenters. The molecule has 3 amide bonds. The van der Waals surface area contributed by atoms with E-state index in [-0.39, 0.29) is 36.8 Å². The number of amides is 3. The lowest BCUT2D eigenvalue weighted by molar-refractivity contribution is -0.188. The van der Waals surface area contributed by atoms with Gasteiger partial charge in [-0.2, -0.15) is 4.89 Å². The summed E-state index contributed by atoms with van der Waals surface area (Å²) in [5.74, 6) is 0.881. The van der Waals surface area contributed by atoms with Crippen LogP contribution in [0.5, 0.6) is 0 Å². The Kier molecular flexibility index (Phi) is 15.1. The molecule has 300 valence electrons. The Morgan fingerprint density at radius 2 is 1.46 bits per heavy atom. The average Bonchev–Trinajstić information content (AvgIpc) is 4.01. The second kappa shape index (κ2) is 20.4. The van der Waals surface area contributed by atoms with Crippen molar-refractivity contribution in [2.24, 2.45) is 10.9 Å². The third kappa shape index (κ3) is 10.6. The molecule has 2 aromatic carbocycles. The summed E-state index contributed by atoms with van der Waals surface area (Å²) in [6, 6.07) is 14.3. The second-order valence-corrected chi connectivity index (χ2v) is 13.7. The molecule has 0 saturated carbocycles. The highest BCUT2D eigenvalue weighted by atomic mass is 17.2. The number of likely N-dealkylation sites (tertiary alicyclic amines) is 1. The summed E-state index contributed by atoms with van der Waals surface area (Å²) < 4.78 is 15.0. The van der Waals surface area contributed by atoms with E-state index in [0.29, 0.717) is 25.4 Å². The lowest BCUT2D eigenvalue weighted by Crippen LogP contribution is -2.49. The summed E-state index contributed by atoms with van der Waals surface area (Å²) in [6.07, 6.45) is 6.37. The maximum Gasteiger partial charge on any atom is 0.407 e. The second-order valence-electron chi connectivity index (χ2n) is 13.7. The van der Waals surface area contributed by atoms with Gasteiger partial charge in [0.15, 0.2) is 0 Å². The molecule has 1 aliphatic heterocycles. The van der Waals surface area contributed by atoms with Gasteiger partial charge in [0.2, 0.25) is 18.2 Å². The Bertz CT molecular complexity index is 1890. The van der Waals surface area contributed by atoms with Gasteiger partial charge in [0, 0.05) is 46.8 Å². The minimum absolute atomic E-state index is 0.00549. The molecule has 4 N–H and O–H groups in total. The molecular weight excluding hydrogens is 720 g/mol. The summed E-state index contributed by atoms with van der Waals surface area (Å²) >= 11 is 0. The normalized spacial score (nSPS) is 15.8. The average molecular weight is 773 g/mol. The van der Waals surface area contributed by atoms with Crippen molar-refractivity contribution in [3.8, 4) is 33.6 Å². The fraction of sp³-hybridized carbons (Fsp3) is 0.450. The highest BCUT2D eigenvalue weighted by molar-refractivity contribution is 5.86. The van der Waals surface area contributed by atoms with Gasteiger partial charge in [-0.1, -0.05) is 62.4 Å². The number of benzene rings is 2. The topological polar surface area (TPSA) is 194 Å². The molecule has 5 rings (SSSR count). The zero-order chi connectivity index (χ0) is 40.0. The number of alkyl carbamates (subject to hydrolysis) is 1. The largest absolute Gasteiger partial charge is 0.453 e. The van der Waals surface area contributed by atoms with Crippen molar-refractivity contribution in [1.82, 2.24) is 35.5 Å². The summed E-state index contributed by atoms with van der Waals surface area (Å²) in [4.78, 5) is 70.2. The van der Waals surface area contributed by atoms with Crippen LogP contribution in [-0.4, -0.2) is 109 Å². The van der Waals surface area contributed by atoms with Crippen molar-refractivity contribution in [2.75, 3.05) is 48.2 Å². The van der Waals surface area contributed by atoms with Gasteiger partial charge in [-0.05, 0) is 41.0 Å². The van der Waals surface area contributed by atoms with Crippen molar-refractivity contribution in [3.63, 3.8) is 0 Å². The number of hydrogen-bond donors (Lipinski definition) is 4. The lowest BCUT2D eigenvalue weighted by atomic mass is 10.0. The van der Waals surface area contributed by atoms with Gasteiger partial charge < -0.3 is 44.6 Å². The lowest BCUT2D eigenvalue weighted by Gasteiger charge is -2.26. The van der Waals surface area contributed by atoms with Gasteiger partial charge in [0.05, 0.1) is 50.1 Å². The third-order valence-corrected chi connectivity index (χ3v) is 9.69. The summed E-state index contributed by atoms with van der Waals surface area (Å²) in [7, 11) is 5.75. The van der Waals surface area contributed by atoms with Crippen LogP contribution in [0.2, 0.25) is 0 Å². The first-order valence-electron chi connectivity index (χ1n) is 18.6. The van der Waals surface area contributed by atoms with Crippen LogP contribution in [0.25, 0.3) is 33.6 Å². The highest BCUT2D eigenvalue weighted by Crippen LogP contribution is 2.33. The zero-order valence-corrected chi connectivity index (χ0v) is 32.7. The Hall–Kier alpha value is -5.58. The van der Waals surface area contributed by atoms with E-state index in [9.17, 15) is 14.4 Å². The number of aliphatic imine (C=N–C) groups is 1. The number of aromatic nitrogens is 4. The first kappa shape index (κ1) is 41.6. The number of carbonyl (C=O) groups is 3. The van der Waals surface area contributed by atoms with Crippen LogP contribution >= 0.6 is 0 Å². The van der Waals surface area contributed by atoms with Crippen LogP contribution in [0.3, 0.4) is 0 Å². The number of nitrogens with one attached hydrogen (secondary N) is 4. The molecular formula is C40H52N8O8. The molecule has 0 spiro atoms. The number of rotatable bonds is 19. The fourth-order valence-electron chi connectivity index (χ4n) is 6.63.